The highest BCUT2D eigenvalue weighted by molar-refractivity contribution is 5.94. The Balaban J connectivity index is 0.00000288. The molecule has 2 rings (SSSR count). The lowest BCUT2D eigenvalue weighted by Crippen LogP contribution is -2.48. The summed E-state index contributed by atoms with van der Waals surface area (Å²) in [6, 6.07) is 9.06. The van der Waals surface area contributed by atoms with Crippen molar-refractivity contribution >= 4 is 24.2 Å². The number of likely N-dealkylation sites (tertiary alicyclic amines) is 1. The quantitative estimate of drug-likeness (QED) is 0.850. The van der Waals surface area contributed by atoms with E-state index in [-0.39, 0.29) is 36.2 Å². The molecule has 0 saturated carbocycles. The molecule has 3 unspecified atom stereocenters. The van der Waals surface area contributed by atoms with Gasteiger partial charge in [-0.25, -0.2) is 0 Å². The summed E-state index contributed by atoms with van der Waals surface area (Å²) in [5.41, 5.74) is 6.50. The van der Waals surface area contributed by atoms with Crippen molar-refractivity contribution in [3.05, 3.63) is 35.9 Å². The number of benzene rings is 1. The molecule has 0 radical (unpaired) electrons. The number of hydrogen-bond donors (Lipinski definition) is 2. The average Bonchev–Trinajstić information content (AvgIpc) is 2.59. The first kappa shape index (κ1) is 20.5. The Morgan fingerprint density at radius 1 is 1.29 bits per heavy atom. The fourth-order valence-corrected chi connectivity index (χ4v) is 2.87. The summed E-state index contributed by atoms with van der Waals surface area (Å²) in [4.78, 5) is 26.4. The van der Waals surface area contributed by atoms with Gasteiger partial charge in [0.1, 0.15) is 0 Å². The summed E-state index contributed by atoms with van der Waals surface area (Å²) in [5.74, 6) is 0.213. The first-order valence-electron chi connectivity index (χ1n) is 8.36. The molecule has 1 heterocycles. The Morgan fingerprint density at radius 3 is 2.58 bits per heavy atom. The van der Waals surface area contributed by atoms with Crippen molar-refractivity contribution in [3.8, 4) is 0 Å². The molecular weight excluding hydrogens is 326 g/mol. The van der Waals surface area contributed by atoms with Gasteiger partial charge in [-0.05, 0) is 37.8 Å². The number of nitrogens with zero attached hydrogens (tertiary/aromatic N) is 1. The monoisotopic (exact) mass is 353 g/mol. The van der Waals surface area contributed by atoms with E-state index >= 15 is 0 Å². The maximum absolute atomic E-state index is 12.4. The molecule has 1 aliphatic rings. The molecule has 1 aliphatic heterocycles. The van der Waals surface area contributed by atoms with Crippen LogP contribution in [0, 0.1) is 11.8 Å². The lowest BCUT2D eigenvalue weighted by molar-refractivity contribution is -0.137. The summed E-state index contributed by atoms with van der Waals surface area (Å²) in [6.45, 7) is 5.84. The van der Waals surface area contributed by atoms with Crippen LogP contribution in [0.4, 0.5) is 0 Å². The average molecular weight is 354 g/mol. The first-order chi connectivity index (χ1) is 11.0. The van der Waals surface area contributed by atoms with Crippen molar-refractivity contribution in [2.75, 3.05) is 19.6 Å². The zero-order valence-corrected chi connectivity index (χ0v) is 15.2. The summed E-state index contributed by atoms with van der Waals surface area (Å²) in [6.07, 6.45) is 2.01. The fraction of sp³-hybridized carbons (Fsp3) is 0.556. The van der Waals surface area contributed by atoms with Gasteiger partial charge in [-0.1, -0.05) is 25.1 Å². The van der Waals surface area contributed by atoms with Gasteiger partial charge in [0, 0.05) is 31.2 Å². The molecule has 0 aromatic heterocycles. The lowest BCUT2D eigenvalue weighted by atomic mass is 9.95. The van der Waals surface area contributed by atoms with Gasteiger partial charge in [0.25, 0.3) is 5.91 Å². The molecule has 1 fully saturated rings. The minimum absolute atomic E-state index is 0. The molecule has 2 amide bonds. The highest BCUT2D eigenvalue weighted by atomic mass is 35.5. The summed E-state index contributed by atoms with van der Waals surface area (Å²) < 4.78 is 0. The fourth-order valence-electron chi connectivity index (χ4n) is 2.87. The Morgan fingerprint density at radius 2 is 1.96 bits per heavy atom. The van der Waals surface area contributed by atoms with Crippen LogP contribution in [0.25, 0.3) is 0 Å². The van der Waals surface area contributed by atoms with E-state index in [1.54, 1.807) is 12.1 Å². The van der Waals surface area contributed by atoms with E-state index < -0.39 is 0 Å². The number of carbonyl (C=O) groups excluding carboxylic acids is 2. The number of nitrogens with two attached hydrogens (primary N) is 1. The van der Waals surface area contributed by atoms with Gasteiger partial charge in [0.15, 0.2) is 0 Å². The molecule has 134 valence electrons. The number of amides is 2. The maximum atomic E-state index is 12.4. The molecule has 5 nitrogen and oxygen atoms in total. The second-order valence-corrected chi connectivity index (χ2v) is 6.52. The predicted octanol–water partition coefficient (Wildman–Crippen LogP) is 2.06. The van der Waals surface area contributed by atoms with Crippen LogP contribution in [-0.4, -0.2) is 42.4 Å². The molecule has 1 saturated heterocycles. The Kier molecular flexibility index (Phi) is 8.22. The van der Waals surface area contributed by atoms with Crippen molar-refractivity contribution in [1.82, 2.24) is 10.2 Å². The van der Waals surface area contributed by atoms with Gasteiger partial charge in [-0.3, -0.25) is 9.59 Å². The van der Waals surface area contributed by atoms with E-state index in [1.807, 2.05) is 36.9 Å². The highest BCUT2D eigenvalue weighted by Crippen LogP contribution is 2.18. The molecule has 1 aromatic rings. The third-order valence-corrected chi connectivity index (χ3v) is 4.60. The maximum Gasteiger partial charge on any atom is 0.251 e. The van der Waals surface area contributed by atoms with Crippen LogP contribution in [0.2, 0.25) is 0 Å². The van der Waals surface area contributed by atoms with Gasteiger partial charge < -0.3 is 16.0 Å². The number of carbonyl (C=O) groups is 2. The third kappa shape index (κ3) is 5.49. The first-order valence-corrected chi connectivity index (χ1v) is 8.36. The third-order valence-electron chi connectivity index (χ3n) is 4.60. The number of hydrogen-bond acceptors (Lipinski definition) is 3. The van der Waals surface area contributed by atoms with Crippen LogP contribution in [0.15, 0.2) is 30.3 Å². The minimum atomic E-state index is -0.160. The van der Waals surface area contributed by atoms with Crippen LogP contribution < -0.4 is 11.1 Å². The molecule has 3 N–H and O–H groups in total. The van der Waals surface area contributed by atoms with Crippen molar-refractivity contribution in [2.45, 2.75) is 32.7 Å². The van der Waals surface area contributed by atoms with Crippen molar-refractivity contribution in [2.24, 2.45) is 17.6 Å². The second kappa shape index (κ2) is 9.64. The zero-order valence-electron chi connectivity index (χ0n) is 14.4. The minimum Gasteiger partial charge on any atom is -0.352 e. The Bertz CT molecular complexity index is 536. The van der Waals surface area contributed by atoms with Gasteiger partial charge in [0.2, 0.25) is 5.91 Å². The van der Waals surface area contributed by atoms with Gasteiger partial charge in [-0.2, -0.15) is 0 Å². The standard InChI is InChI=1S/C18H27N3O2.ClH/c1-13(14(2)19)18(23)21-10-6-7-15(12-21)11-20-17(22)16-8-4-3-5-9-16;/h3-5,8-9,13-15H,6-7,10-12,19H2,1-2H3,(H,20,22);1H. The summed E-state index contributed by atoms with van der Waals surface area (Å²) >= 11 is 0. The molecule has 0 spiro atoms. The van der Waals surface area contributed by atoms with Gasteiger partial charge >= 0.3 is 0 Å². The lowest BCUT2D eigenvalue weighted by Gasteiger charge is -2.35. The normalized spacial score (nSPS) is 19.8. The van der Waals surface area contributed by atoms with E-state index in [4.69, 9.17) is 5.73 Å². The zero-order chi connectivity index (χ0) is 16.8. The van der Waals surface area contributed by atoms with E-state index in [1.165, 1.54) is 0 Å². The van der Waals surface area contributed by atoms with Crippen LogP contribution in [0.3, 0.4) is 0 Å². The Labute approximate surface area is 150 Å². The van der Waals surface area contributed by atoms with Crippen molar-refractivity contribution < 1.29 is 9.59 Å². The second-order valence-electron chi connectivity index (χ2n) is 6.52. The molecular formula is C18H28ClN3O2. The van der Waals surface area contributed by atoms with E-state index in [0.29, 0.717) is 24.6 Å². The van der Waals surface area contributed by atoms with Gasteiger partial charge in [0.05, 0.1) is 5.92 Å². The van der Waals surface area contributed by atoms with Gasteiger partial charge in [-0.15, -0.1) is 12.4 Å². The summed E-state index contributed by atoms with van der Waals surface area (Å²) in [5, 5.41) is 2.98. The molecule has 3 atom stereocenters. The molecule has 1 aromatic carbocycles. The Hall–Kier alpha value is -1.59. The van der Waals surface area contributed by atoms with E-state index in [2.05, 4.69) is 5.32 Å². The van der Waals surface area contributed by atoms with E-state index in [0.717, 1.165) is 19.4 Å². The number of piperidine rings is 1. The molecule has 6 heteroatoms. The van der Waals surface area contributed by atoms with Crippen molar-refractivity contribution in [1.29, 1.82) is 0 Å². The highest BCUT2D eigenvalue weighted by Gasteiger charge is 2.28. The predicted molar refractivity (Wildman–Crippen MR) is 98.1 cm³/mol. The van der Waals surface area contributed by atoms with Crippen LogP contribution >= 0.6 is 12.4 Å². The SMILES string of the molecule is CC(N)C(C)C(=O)N1CCCC(CNC(=O)c2ccccc2)C1.Cl. The number of nitrogens with one attached hydrogen (secondary N) is 1. The smallest absolute Gasteiger partial charge is 0.251 e. The largest absolute Gasteiger partial charge is 0.352 e. The molecule has 24 heavy (non-hydrogen) atoms. The topological polar surface area (TPSA) is 75.4 Å². The molecule has 0 aliphatic carbocycles. The van der Waals surface area contributed by atoms with Crippen LogP contribution in [0.1, 0.15) is 37.0 Å². The molecule has 0 bridgehead atoms. The van der Waals surface area contributed by atoms with E-state index in [9.17, 15) is 9.59 Å². The summed E-state index contributed by atoms with van der Waals surface area (Å²) in [7, 11) is 0. The van der Waals surface area contributed by atoms with Crippen molar-refractivity contribution in [3.63, 3.8) is 0 Å². The number of rotatable bonds is 5. The van der Waals surface area contributed by atoms with Crippen LogP contribution in [0.5, 0.6) is 0 Å². The number of halogens is 1. The van der Waals surface area contributed by atoms with Crippen LogP contribution in [-0.2, 0) is 4.79 Å².